The first-order chi connectivity index (χ1) is 29.4. The second-order valence-corrected chi connectivity index (χ2v) is 21.9. The van der Waals surface area contributed by atoms with Crippen molar-refractivity contribution in [3.63, 3.8) is 0 Å². The minimum atomic E-state index is -0.680. The summed E-state index contributed by atoms with van der Waals surface area (Å²) in [6, 6.07) is 15.4. The summed E-state index contributed by atoms with van der Waals surface area (Å²) < 4.78 is 12.4. The molecule has 332 valence electrons. The first kappa shape index (κ1) is 43.1. The molecule has 6 N–H and O–H groups in total. The Kier molecular flexibility index (Phi) is 12.3. The van der Waals surface area contributed by atoms with E-state index < -0.39 is 5.60 Å². The minimum Gasteiger partial charge on any atom is -0.471 e. The Balaban J connectivity index is 0.793. The van der Waals surface area contributed by atoms with Crippen molar-refractivity contribution in [2.75, 3.05) is 20.1 Å². The van der Waals surface area contributed by atoms with Crippen LogP contribution in [0.4, 0.5) is 0 Å². The molecule has 61 heavy (non-hydrogen) atoms. The SMILES string of the molecule is C=C1C[C@@]2(CC[C@@H](CC[C@@]3(O)CCC[C@H](O)C3)C2)[C@@H]2O[C@]2(C)CC[C@@H]2[C@@H]1C[C@]2(C)[C@@H]1CC[C@H](CNC(N)=NC[C@@H](CCc2cccc(CNC)c2)c2cccc3cocc23)C1. The molecule has 1 spiro atoms. The number of nitrogens with zero attached hydrogens (tertiary/aromatic N) is 1. The molecule has 1 aliphatic heterocycles. The lowest BCUT2D eigenvalue weighted by molar-refractivity contribution is -0.0693. The highest BCUT2D eigenvalue weighted by atomic mass is 16.6. The standard InChI is InChI=1S/C53H76N4O4/c1-35-26-52(22-17-37(27-52)18-23-53(59)20-7-11-43(58)28-53)48-51(3,61-48)21-19-47-45(35)29-50(47,2)42-16-14-39(25-42)31-56-49(54)57-32-40(44-12-6-10-41-33-60-34-46(41)44)15-13-36-8-5-9-38(24-36)30-55-4/h5-6,8-10,12,24,33-34,37,39-40,42-43,45,47-48,55,58-59H,1,7,11,13-23,25-32H2,2-4H3,(H3,54,56,57)/t37-,39-,40+,42+,43-,45+,47+,48+,50+,51+,52+,53-/m0/s1. The van der Waals surface area contributed by atoms with Crippen molar-refractivity contribution in [1.29, 1.82) is 0 Å². The van der Waals surface area contributed by atoms with Crippen LogP contribution in [0.3, 0.4) is 0 Å². The zero-order valence-electron chi connectivity index (χ0n) is 37.6. The van der Waals surface area contributed by atoms with Crippen molar-refractivity contribution >= 4 is 16.7 Å². The molecular formula is C53H76N4O4. The van der Waals surface area contributed by atoms with Gasteiger partial charge in [0.25, 0.3) is 0 Å². The molecule has 0 unspecified atom stereocenters. The van der Waals surface area contributed by atoms with E-state index in [4.69, 9.17) is 26.5 Å². The van der Waals surface area contributed by atoms with Gasteiger partial charge in [0.1, 0.15) is 0 Å². The van der Waals surface area contributed by atoms with Gasteiger partial charge >= 0.3 is 0 Å². The molecule has 6 fully saturated rings. The number of rotatable bonds is 14. The lowest BCUT2D eigenvalue weighted by atomic mass is 9.46. The summed E-state index contributed by atoms with van der Waals surface area (Å²) in [4.78, 5) is 4.99. The molecule has 6 aliphatic rings. The van der Waals surface area contributed by atoms with Gasteiger partial charge in [0.15, 0.2) is 5.96 Å². The van der Waals surface area contributed by atoms with Gasteiger partial charge in [0, 0.05) is 48.2 Å². The number of hydrogen-bond acceptors (Lipinski definition) is 6. The van der Waals surface area contributed by atoms with E-state index in [1.165, 1.54) is 79.0 Å². The Morgan fingerprint density at radius 2 is 1.84 bits per heavy atom. The summed E-state index contributed by atoms with van der Waals surface area (Å²) in [5, 5.41) is 30.7. The van der Waals surface area contributed by atoms with Crippen molar-refractivity contribution in [3.05, 3.63) is 83.8 Å². The van der Waals surface area contributed by atoms with Crippen LogP contribution in [-0.2, 0) is 17.7 Å². The normalized spacial score (nSPS) is 38.0. The molecule has 8 nitrogen and oxygen atoms in total. The highest BCUT2D eigenvalue weighted by molar-refractivity contribution is 5.85. The first-order valence-corrected chi connectivity index (χ1v) is 24.3. The second kappa shape index (κ2) is 17.4. The van der Waals surface area contributed by atoms with Gasteiger partial charge in [0.05, 0.1) is 35.9 Å². The quantitative estimate of drug-likeness (QED) is 0.0474. The van der Waals surface area contributed by atoms with Gasteiger partial charge in [-0.2, -0.15) is 0 Å². The summed E-state index contributed by atoms with van der Waals surface area (Å²) in [6.45, 7) is 12.3. The smallest absolute Gasteiger partial charge is 0.188 e. The van der Waals surface area contributed by atoms with Crippen molar-refractivity contribution in [3.8, 4) is 0 Å². The molecule has 1 aromatic heterocycles. The van der Waals surface area contributed by atoms with E-state index in [1.54, 1.807) is 0 Å². The van der Waals surface area contributed by atoms with E-state index in [0.29, 0.717) is 54.1 Å². The highest BCUT2D eigenvalue weighted by Crippen LogP contribution is 2.69. The molecule has 0 radical (unpaired) electrons. The van der Waals surface area contributed by atoms with Crippen molar-refractivity contribution in [2.45, 2.75) is 165 Å². The van der Waals surface area contributed by atoms with Crippen LogP contribution in [0.5, 0.6) is 0 Å². The van der Waals surface area contributed by atoms with E-state index >= 15 is 0 Å². The van der Waals surface area contributed by atoms with Gasteiger partial charge < -0.3 is 35.7 Å². The molecule has 0 bridgehead atoms. The van der Waals surface area contributed by atoms with Crippen LogP contribution >= 0.6 is 0 Å². The molecule has 8 heteroatoms. The molecule has 0 amide bonds. The Morgan fingerprint density at radius 3 is 2.69 bits per heavy atom. The Morgan fingerprint density at radius 1 is 0.984 bits per heavy atom. The van der Waals surface area contributed by atoms with E-state index in [1.807, 2.05) is 19.6 Å². The number of hydrogen-bond donors (Lipinski definition) is 5. The van der Waals surface area contributed by atoms with Crippen LogP contribution in [0.1, 0.15) is 146 Å². The maximum atomic E-state index is 11.3. The van der Waals surface area contributed by atoms with Gasteiger partial charge in [-0.3, -0.25) is 4.99 Å². The number of ether oxygens (including phenoxy) is 1. The number of aliphatic hydroxyl groups excluding tert-OH is 1. The predicted octanol–water partition coefficient (Wildman–Crippen LogP) is 9.96. The van der Waals surface area contributed by atoms with Gasteiger partial charge in [-0.05, 0) is 175 Å². The van der Waals surface area contributed by atoms with Gasteiger partial charge in [-0.15, -0.1) is 0 Å². The summed E-state index contributed by atoms with van der Waals surface area (Å²) in [5.41, 5.74) is 12.0. The van der Waals surface area contributed by atoms with E-state index in [2.05, 4.69) is 66.9 Å². The fourth-order valence-electron chi connectivity index (χ4n) is 14.3. The van der Waals surface area contributed by atoms with Crippen LogP contribution in [0.25, 0.3) is 10.8 Å². The lowest BCUT2D eigenvalue weighted by Gasteiger charge is -2.58. The average Bonchev–Trinajstić information content (AvgIpc) is 3.68. The molecule has 1 saturated heterocycles. The molecular weight excluding hydrogens is 757 g/mol. The molecule has 2 heterocycles. The van der Waals surface area contributed by atoms with Crippen molar-refractivity contribution < 1.29 is 19.4 Å². The Labute approximate surface area is 366 Å². The average molecular weight is 833 g/mol. The zero-order chi connectivity index (χ0) is 42.4. The number of benzene rings is 2. The lowest BCUT2D eigenvalue weighted by Crippen LogP contribution is -2.51. The third kappa shape index (κ3) is 8.99. The number of fused-ring (bicyclic) bond motifs is 4. The minimum absolute atomic E-state index is 0.00724. The Hall–Kier alpha value is -3.17. The monoisotopic (exact) mass is 833 g/mol. The summed E-state index contributed by atoms with van der Waals surface area (Å²) in [6.07, 6.45) is 23.0. The second-order valence-electron chi connectivity index (χ2n) is 21.9. The number of epoxide rings is 1. The van der Waals surface area contributed by atoms with Crippen molar-refractivity contribution in [2.24, 2.45) is 51.1 Å². The van der Waals surface area contributed by atoms with Gasteiger partial charge in [-0.25, -0.2) is 0 Å². The maximum Gasteiger partial charge on any atom is 0.188 e. The maximum absolute atomic E-state index is 11.3. The fraction of sp³-hybridized carbons (Fsp3) is 0.679. The van der Waals surface area contributed by atoms with Gasteiger partial charge in [0.2, 0.25) is 0 Å². The topological polar surface area (TPSA) is 129 Å². The number of nitrogens with two attached hydrogens (primary N) is 1. The number of aryl methyl sites for hydroxylation is 1. The summed E-state index contributed by atoms with van der Waals surface area (Å²) >= 11 is 0. The summed E-state index contributed by atoms with van der Waals surface area (Å²) in [7, 11) is 1.99. The van der Waals surface area contributed by atoms with Gasteiger partial charge in [-0.1, -0.05) is 61.5 Å². The number of aliphatic imine (C=N–C) groups is 1. The molecule has 5 saturated carbocycles. The largest absolute Gasteiger partial charge is 0.471 e. The summed E-state index contributed by atoms with van der Waals surface area (Å²) in [5.74, 6) is 4.07. The predicted molar refractivity (Wildman–Crippen MR) is 246 cm³/mol. The van der Waals surface area contributed by atoms with Crippen LogP contribution in [0, 0.1) is 40.4 Å². The van der Waals surface area contributed by atoms with Crippen LogP contribution in [0.15, 0.2) is 76.6 Å². The number of furan rings is 1. The third-order valence-electron chi connectivity index (χ3n) is 17.7. The molecule has 9 rings (SSSR count). The third-order valence-corrected chi connectivity index (χ3v) is 17.7. The molecule has 5 aliphatic carbocycles. The van der Waals surface area contributed by atoms with Crippen LogP contribution in [0.2, 0.25) is 0 Å². The van der Waals surface area contributed by atoms with E-state index in [9.17, 15) is 10.2 Å². The number of aliphatic hydroxyl groups is 2. The molecule has 3 aromatic rings. The Bertz CT molecular complexity index is 2050. The molecule has 12 atom stereocenters. The highest BCUT2D eigenvalue weighted by Gasteiger charge is 2.67. The van der Waals surface area contributed by atoms with E-state index in [0.717, 1.165) is 82.2 Å². The van der Waals surface area contributed by atoms with Crippen LogP contribution in [-0.4, -0.2) is 59.7 Å². The number of guanidine groups is 1. The first-order valence-electron chi connectivity index (χ1n) is 24.3. The fourth-order valence-corrected chi connectivity index (χ4v) is 14.3. The number of nitrogens with one attached hydrogen (secondary N) is 2. The van der Waals surface area contributed by atoms with Crippen LogP contribution < -0.4 is 16.4 Å². The zero-order valence-corrected chi connectivity index (χ0v) is 37.6. The van der Waals surface area contributed by atoms with Crippen molar-refractivity contribution in [1.82, 2.24) is 10.6 Å². The van der Waals surface area contributed by atoms with E-state index in [-0.39, 0.29) is 23.0 Å². The number of allylic oxidation sites excluding steroid dienone is 1. The molecule has 2 aromatic carbocycles.